The Morgan fingerprint density at radius 2 is 1.61 bits per heavy atom. The monoisotopic (exact) mass is 285 g/mol. The van der Waals surface area contributed by atoms with Gasteiger partial charge >= 0.3 is 0 Å². The minimum absolute atomic E-state index is 0.0234. The summed E-state index contributed by atoms with van der Waals surface area (Å²) in [5, 5.41) is 1.70. The first-order chi connectivity index (χ1) is 8.47. The molecule has 0 bridgehead atoms. The lowest BCUT2D eigenvalue weighted by Crippen LogP contribution is -2.50. The van der Waals surface area contributed by atoms with Gasteiger partial charge in [0, 0.05) is 9.52 Å². The van der Waals surface area contributed by atoms with Crippen LogP contribution in [0, 0.1) is 0 Å². The minimum atomic E-state index is -1.13. The van der Waals surface area contributed by atoms with E-state index in [-0.39, 0.29) is 9.52 Å². The van der Waals surface area contributed by atoms with Crippen LogP contribution in [-0.2, 0) is 0 Å². The normalized spacial score (nSPS) is 14.1. The summed E-state index contributed by atoms with van der Waals surface area (Å²) < 4.78 is 2.88. The van der Waals surface area contributed by atoms with E-state index in [0.29, 0.717) is 0 Å². The fraction of sp³-hybridized carbons (Fsp3) is 0.867. The number of unbranched alkanes of at least 4 members (excludes halogenated alkanes) is 2. The molecule has 1 nitrogen and oxygen atoms in total. The fourth-order valence-electron chi connectivity index (χ4n) is 2.22. The van der Waals surface area contributed by atoms with Crippen LogP contribution < -0.4 is 0 Å². The maximum absolute atomic E-state index is 2.88. The molecule has 0 rings (SSSR count). The molecule has 0 heterocycles. The quantitative estimate of drug-likeness (QED) is 0.545. The van der Waals surface area contributed by atoms with Gasteiger partial charge in [0.25, 0.3) is 0 Å². The third-order valence-corrected chi connectivity index (χ3v) is 13.3. The predicted molar refractivity (Wildman–Crippen MR) is 91.7 cm³/mol. The van der Waals surface area contributed by atoms with Crippen LogP contribution in [0.4, 0.5) is 0 Å². The molecule has 0 aliphatic rings. The Morgan fingerprint density at radius 1 is 1.11 bits per heavy atom. The molecule has 0 saturated carbocycles. The zero-order valence-electron chi connectivity index (χ0n) is 13.7. The molecule has 18 heavy (non-hydrogen) atoms. The number of allylic oxidation sites excluding steroid dienone is 2. The van der Waals surface area contributed by atoms with E-state index in [1.165, 1.54) is 38.8 Å². The van der Waals surface area contributed by atoms with Gasteiger partial charge in [0.05, 0.1) is 0 Å². The van der Waals surface area contributed by atoms with E-state index in [2.05, 4.69) is 51.4 Å². The Kier molecular flexibility index (Phi) is 10.1. The summed E-state index contributed by atoms with van der Waals surface area (Å²) in [6, 6.07) is 0. The van der Waals surface area contributed by atoms with Crippen molar-refractivity contribution in [3.05, 3.63) is 11.3 Å². The van der Waals surface area contributed by atoms with E-state index < -0.39 is 8.24 Å². The Labute approximate surface area is 119 Å². The first-order valence-corrected chi connectivity index (χ1v) is 12.7. The van der Waals surface area contributed by atoms with Gasteiger partial charge in [-0.15, -0.1) is 0 Å². The SMILES string of the molecule is CC=C(C)[SiH2]C[Si](C)(C)N(CCCC)CCCC. The van der Waals surface area contributed by atoms with E-state index in [0.717, 1.165) is 0 Å². The van der Waals surface area contributed by atoms with Gasteiger partial charge in [0.1, 0.15) is 8.24 Å². The van der Waals surface area contributed by atoms with Crippen LogP contribution in [0.15, 0.2) is 11.3 Å². The number of hydrogen-bond acceptors (Lipinski definition) is 1. The fourth-order valence-corrected chi connectivity index (χ4v) is 9.33. The lowest BCUT2D eigenvalue weighted by molar-refractivity contribution is 0.401. The Bertz CT molecular complexity index is 229. The van der Waals surface area contributed by atoms with Crippen LogP contribution in [0.2, 0.25) is 18.8 Å². The van der Waals surface area contributed by atoms with E-state index in [4.69, 9.17) is 0 Å². The van der Waals surface area contributed by atoms with Gasteiger partial charge < -0.3 is 4.57 Å². The van der Waals surface area contributed by atoms with Crippen LogP contribution in [0.1, 0.15) is 53.4 Å². The minimum Gasteiger partial charge on any atom is -0.324 e. The average Bonchev–Trinajstić information content (AvgIpc) is 2.35. The summed E-state index contributed by atoms with van der Waals surface area (Å²) in [6.07, 6.45) is 7.75. The topological polar surface area (TPSA) is 3.24 Å². The standard InChI is InChI=1S/C15H35NSi2/c1-7-10-12-16(13-11-8-2)18(5,6)14-17-15(4)9-3/h9H,7-8,10-14,17H2,1-6H3. The number of rotatable bonds is 10. The molecule has 0 N–H and O–H groups in total. The molecule has 0 spiro atoms. The number of hydrogen-bond donors (Lipinski definition) is 0. The van der Waals surface area contributed by atoms with Gasteiger partial charge in [-0.25, -0.2) is 0 Å². The van der Waals surface area contributed by atoms with Gasteiger partial charge in [-0.05, 0) is 39.8 Å². The highest BCUT2D eigenvalue weighted by Crippen LogP contribution is 2.18. The molecule has 108 valence electrons. The molecule has 0 aliphatic carbocycles. The lowest BCUT2D eigenvalue weighted by atomic mass is 10.3. The molecule has 0 radical (unpaired) electrons. The summed E-state index contributed by atoms with van der Waals surface area (Å²) in [7, 11) is -1.11. The second-order valence-corrected chi connectivity index (χ2v) is 14.0. The lowest BCUT2D eigenvalue weighted by Gasteiger charge is -2.37. The van der Waals surface area contributed by atoms with Crippen LogP contribution in [-0.4, -0.2) is 35.4 Å². The first kappa shape index (κ1) is 18.1. The summed E-state index contributed by atoms with van der Waals surface area (Å²) in [5.74, 6) is 0. The third kappa shape index (κ3) is 7.54. The smallest absolute Gasteiger partial charge is 0.119 e. The van der Waals surface area contributed by atoms with Crippen molar-refractivity contribution in [3.63, 3.8) is 0 Å². The van der Waals surface area contributed by atoms with E-state index in [1.807, 2.05) is 0 Å². The summed E-state index contributed by atoms with van der Waals surface area (Å²) in [4.78, 5) is 0. The second-order valence-electron chi connectivity index (χ2n) is 6.14. The van der Waals surface area contributed by atoms with Crippen LogP contribution >= 0.6 is 0 Å². The predicted octanol–water partition coefficient (Wildman–Crippen LogP) is 4.14. The van der Waals surface area contributed by atoms with Gasteiger partial charge in [-0.2, -0.15) is 0 Å². The zero-order chi connectivity index (χ0) is 14.0. The highest BCUT2D eigenvalue weighted by atomic mass is 28.4. The highest BCUT2D eigenvalue weighted by molar-refractivity contribution is 6.83. The Hall–Kier alpha value is 0.134. The van der Waals surface area contributed by atoms with Crippen LogP contribution in [0.5, 0.6) is 0 Å². The molecule has 0 amide bonds. The zero-order valence-corrected chi connectivity index (χ0v) is 16.1. The maximum Gasteiger partial charge on any atom is 0.119 e. The van der Waals surface area contributed by atoms with Crippen molar-refractivity contribution in [2.45, 2.75) is 72.1 Å². The van der Waals surface area contributed by atoms with Crippen molar-refractivity contribution >= 4 is 17.8 Å². The molecular formula is C15H35NSi2. The van der Waals surface area contributed by atoms with Crippen molar-refractivity contribution in [1.82, 2.24) is 4.57 Å². The van der Waals surface area contributed by atoms with Crippen molar-refractivity contribution in [2.75, 3.05) is 13.1 Å². The molecule has 0 saturated heterocycles. The van der Waals surface area contributed by atoms with Gasteiger partial charge in [0.2, 0.25) is 0 Å². The van der Waals surface area contributed by atoms with Crippen LogP contribution in [0.3, 0.4) is 0 Å². The molecule has 0 unspecified atom stereocenters. The molecule has 3 heteroatoms. The summed E-state index contributed by atoms with van der Waals surface area (Å²) >= 11 is 0. The van der Waals surface area contributed by atoms with Gasteiger partial charge in [0.15, 0.2) is 0 Å². The molecule has 0 fully saturated rings. The molecule has 0 aliphatic heterocycles. The highest BCUT2D eigenvalue weighted by Gasteiger charge is 2.28. The van der Waals surface area contributed by atoms with E-state index in [9.17, 15) is 0 Å². The second kappa shape index (κ2) is 9.99. The largest absolute Gasteiger partial charge is 0.324 e. The maximum atomic E-state index is 2.88. The third-order valence-electron chi connectivity index (χ3n) is 4.04. The van der Waals surface area contributed by atoms with Crippen molar-refractivity contribution in [3.8, 4) is 0 Å². The molecule has 0 aromatic rings. The molecular weight excluding hydrogens is 250 g/mol. The van der Waals surface area contributed by atoms with E-state index in [1.54, 1.807) is 10.9 Å². The summed E-state index contributed by atoms with van der Waals surface area (Å²) in [5.41, 5.74) is 1.55. The van der Waals surface area contributed by atoms with Crippen molar-refractivity contribution in [2.24, 2.45) is 0 Å². The molecule has 0 atom stereocenters. The average molecular weight is 286 g/mol. The van der Waals surface area contributed by atoms with Gasteiger partial charge in [-0.1, -0.05) is 56.7 Å². The van der Waals surface area contributed by atoms with Crippen LogP contribution in [0.25, 0.3) is 0 Å². The number of nitrogens with zero attached hydrogens (tertiary/aromatic N) is 1. The summed E-state index contributed by atoms with van der Waals surface area (Å²) in [6.45, 7) is 17.0. The van der Waals surface area contributed by atoms with Gasteiger partial charge in [-0.3, -0.25) is 0 Å². The Balaban J connectivity index is 4.41. The van der Waals surface area contributed by atoms with Crippen molar-refractivity contribution in [1.29, 1.82) is 0 Å². The molecule has 0 aromatic heterocycles. The first-order valence-electron chi connectivity index (χ1n) is 7.84. The van der Waals surface area contributed by atoms with E-state index >= 15 is 0 Å². The van der Waals surface area contributed by atoms with Crippen molar-refractivity contribution < 1.29 is 0 Å². The molecule has 0 aromatic carbocycles. The Morgan fingerprint density at radius 3 is 2.00 bits per heavy atom.